The van der Waals surface area contributed by atoms with E-state index in [-0.39, 0.29) is 0 Å². The van der Waals surface area contributed by atoms with Gasteiger partial charge in [-0.05, 0) is 35.4 Å². The van der Waals surface area contributed by atoms with Crippen LogP contribution in [0.4, 0.5) is 0 Å². The predicted molar refractivity (Wildman–Crippen MR) is 67.1 cm³/mol. The SMILES string of the molecule is C#CCC(C)c1cc(CC)ccc1CC. The molecule has 1 aromatic rings. The Morgan fingerprint density at radius 3 is 2.53 bits per heavy atom. The first-order valence-electron chi connectivity index (χ1n) is 5.78. The molecule has 0 saturated heterocycles. The molecule has 0 N–H and O–H groups in total. The van der Waals surface area contributed by atoms with Crippen LogP contribution in [0.5, 0.6) is 0 Å². The first kappa shape index (κ1) is 11.9. The molecule has 80 valence electrons. The Morgan fingerprint density at radius 1 is 1.27 bits per heavy atom. The minimum atomic E-state index is 0.483. The summed E-state index contributed by atoms with van der Waals surface area (Å²) in [6, 6.07) is 6.80. The highest BCUT2D eigenvalue weighted by molar-refractivity contribution is 5.35. The molecule has 0 amide bonds. The Bertz CT molecular complexity index is 355. The second-order valence-electron chi connectivity index (χ2n) is 4.05. The van der Waals surface area contributed by atoms with Crippen molar-refractivity contribution < 1.29 is 0 Å². The summed E-state index contributed by atoms with van der Waals surface area (Å²) < 4.78 is 0. The number of aryl methyl sites for hydroxylation is 2. The van der Waals surface area contributed by atoms with Crippen molar-refractivity contribution in [1.29, 1.82) is 0 Å². The maximum absolute atomic E-state index is 5.38. The lowest BCUT2D eigenvalue weighted by atomic mass is 9.90. The summed E-state index contributed by atoms with van der Waals surface area (Å²) in [6.07, 6.45) is 8.40. The minimum absolute atomic E-state index is 0.483. The molecule has 0 fully saturated rings. The fourth-order valence-electron chi connectivity index (χ4n) is 1.93. The highest BCUT2D eigenvalue weighted by Gasteiger charge is 2.09. The standard InChI is InChI=1S/C15H20/c1-5-8-12(4)15-11-13(6-2)9-10-14(15)7-3/h1,9-12H,6-8H2,2-4H3. The maximum Gasteiger partial charge on any atom is 0.0152 e. The van der Waals surface area contributed by atoms with Crippen LogP contribution in [0.2, 0.25) is 0 Å². The molecule has 1 unspecified atom stereocenters. The molecular weight excluding hydrogens is 180 g/mol. The highest BCUT2D eigenvalue weighted by Crippen LogP contribution is 2.24. The number of rotatable bonds is 4. The lowest BCUT2D eigenvalue weighted by molar-refractivity contribution is 0.778. The molecule has 0 heterocycles. The van der Waals surface area contributed by atoms with Crippen molar-refractivity contribution in [3.05, 3.63) is 34.9 Å². The van der Waals surface area contributed by atoms with E-state index in [0.29, 0.717) is 5.92 Å². The number of hydrogen-bond acceptors (Lipinski definition) is 0. The summed E-state index contributed by atoms with van der Waals surface area (Å²) in [5.74, 6) is 3.24. The summed E-state index contributed by atoms with van der Waals surface area (Å²) in [6.45, 7) is 6.61. The molecule has 0 aliphatic rings. The van der Waals surface area contributed by atoms with Crippen molar-refractivity contribution >= 4 is 0 Å². The van der Waals surface area contributed by atoms with Crippen LogP contribution in [0.3, 0.4) is 0 Å². The molecule has 0 heteroatoms. The molecule has 0 bridgehead atoms. The molecule has 0 saturated carbocycles. The van der Waals surface area contributed by atoms with Crippen LogP contribution in [0, 0.1) is 12.3 Å². The molecule has 0 spiro atoms. The number of hydrogen-bond donors (Lipinski definition) is 0. The summed E-state index contributed by atoms with van der Waals surface area (Å²) >= 11 is 0. The van der Waals surface area contributed by atoms with Gasteiger partial charge in [-0.1, -0.05) is 39.0 Å². The molecule has 15 heavy (non-hydrogen) atoms. The van der Waals surface area contributed by atoms with Crippen LogP contribution < -0.4 is 0 Å². The van der Waals surface area contributed by atoms with E-state index < -0.39 is 0 Å². The van der Waals surface area contributed by atoms with Crippen LogP contribution in [0.25, 0.3) is 0 Å². The Morgan fingerprint density at radius 2 is 2.00 bits per heavy atom. The zero-order chi connectivity index (χ0) is 11.3. The third kappa shape index (κ3) is 2.86. The third-order valence-corrected chi connectivity index (χ3v) is 2.95. The van der Waals surface area contributed by atoms with Gasteiger partial charge in [-0.15, -0.1) is 12.3 Å². The van der Waals surface area contributed by atoms with Gasteiger partial charge in [0.1, 0.15) is 0 Å². The van der Waals surface area contributed by atoms with Gasteiger partial charge in [0, 0.05) is 6.42 Å². The smallest absolute Gasteiger partial charge is 0.0152 e. The van der Waals surface area contributed by atoms with E-state index in [9.17, 15) is 0 Å². The summed E-state index contributed by atoms with van der Waals surface area (Å²) in [7, 11) is 0. The number of terminal acetylenes is 1. The maximum atomic E-state index is 5.38. The highest BCUT2D eigenvalue weighted by atomic mass is 14.1. The fourth-order valence-corrected chi connectivity index (χ4v) is 1.93. The zero-order valence-corrected chi connectivity index (χ0v) is 10.0. The Kier molecular flexibility index (Phi) is 4.43. The molecule has 1 atom stereocenters. The van der Waals surface area contributed by atoms with Gasteiger partial charge in [0.2, 0.25) is 0 Å². The van der Waals surface area contributed by atoms with E-state index in [1.54, 1.807) is 0 Å². The van der Waals surface area contributed by atoms with Crippen LogP contribution in [-0.4, -0.2) is 0 Å². The lowest BCUT2D eigenvalue weighted by Gasteiger charge is -2.15. The monoisotopic (exact) mass is 200 g/mol. The van der Waals surface area contributed by atoms with Crippen molar-refractivity contribution in [2.24, 2.45) is 0 Å². The number of benzene rings is 1. The van der Waals surface area contributed by atoms with Gasteiger partial charge in [0.25, 0.3) is 0 Å². The van der Waals surface area contributed by atoms with E-state index >= 15 is 0 Å². The van der Waals surface area contributed by atoms with Gasteiger partial charge >= 0.3 is 0 Å². The van der Waals surface area contributed by atoms with Gasteiger partial charge in [-0.25, -0.2) is 0 Å². The summed E-state index contributed by atoms with van der Waals surface area (Å²) in [5.41, 5.74) is 4.29. The van der Waals surface area contributed by atoms with Gasteiger partial charge in [0.05, 0.1) is 0 Å². The Hall–Kier alpha value is -1.22. The largest absolute Gasteiger partial charge is 0.120 e. The quantitative estimate of drug-likeness (QED) is 0.646. The average molecular weight is 200 g/mol. The molecule has 0 radical (unpaired) electrons. The van der Waals surface area contributed by atoms with Crippen LogP contribution in [0.1, 0.15) is 49.8 Å². The van der Waals surface area contributed by atoms with Crippen molar-refractivity contribution in [3.63, 3.8) is 0 Å². The van der Waals surface area contributed by atoms with E-state index in [1.807, 2.05) is 0 Å². The summed E-state index contributed by atoms with van der Waals surface area (Å²) in [4.78, 5) is 0. The zero-order valence-electron chi connectivity index (χ0n) is 10.0. The van der Waals surface area contributed by atoms with E-state index in [1.165, 1.54) is 16.7 Å². The molecule has 0 aliphatic carbocycles. The van der Waals surface area contributed by atoms with Crippen molar-refractivity contribution in [3.8, 4) is 12.3 Å². The lowest BCUT2D eigenvalue weighted by Crippen LogP contribution is -1.99. The van der Waals surface area contributed by atoms with Crippen molar-refractivity contribution in [1.82, 2.24) is 0 Å². The second kappa shape index (κ2) is 5.61. The third-order valence-electron chi connectivity index (χ3n) is 2.95. The van der Waals surface area contributed by atoms with E-state index in [2.05, 4.69) is 44.9 Å². The Labute approximate surface area is 93.7 Å². The van der Waals surface area contributed by atoms with Gasteiger partial charge in [0.15, 0.2) is 0 Å². The van der Waals surface area contributed by atoms with Crippen molar-refractivity contribution in [2.45, 2.75) is 46.0 Å². The normalized spacial score (nSPS) is 12.1. The van der Waals surface area contributed by atoms with Gasteiger partial charge in [-0.3, -0.25) is 0 Å². The molecular formula is C15H20. The molecule has 1 aromatic carbocycles. The molecule has 0 nitrogen and oxygen atoms in total. The predicted octanol–water partition coefficient (Wildman–Crippen LogP) is 3.94. The first-order chi connectivity index (χ1) is 7.22. The van der Waals surface area contributed by atoms with Crippen LogP contribution in [-0.2, 0) is 12.8 Å². The Balaban J connectivity index is 3.06. The first-order valence-corrected chi connectivity index (χ1v) is 5.78. The minimum Gasteiger partial charge on any atom is -0.120 e. The van der Waals surface area contributed by atoms with Crippen molar-refractivity contribution in [2.75, 3.05) is 0 Å². The average Bonchev–Trinajstić information content (AvgIpc) is 2.28. The van der Waals surface area contributed by atoms with Gasteiger partial charge < -0.3 is 0 Å². The fraction of sp³-hybridized carbons (Fsp3) is 0.467. The van der Waals surface area contributed by atoms with E-state index in [0.717, 1.165) is 19.3 Å². The molecule has 0 aliphatic heterocycles. The van der Waals surface area contributed by atoms with Crippen LogP contribution >= 0.6 is 0 Å². The van der Waals surface area contributed by atoms with E-state index in [4.69, 9.17) is 6.42 Å². The van der Waals surface area contributed by atoms with Crippen LogP contribution in [0.15, 0.2) is 18.2 Å². The molecule has 0 aromatic heterocycles. The second-order valence-corrected chi connectivity index (χ2v) is 4.05. The topological polar surface area (TPSA) is 0 Å². The molecule has 1 rings (SSSR count). The van der Waals surface area contributed by atoms with Gasteiger partial charge in [-0.2, -0.15) is 0 Å². The summed E-state index contributed by atoms with van der Waals surface area (Å²) in [5, 5.41) is 0.